The molecule has 0 bridgehead atoms. The number of benzene rings is 2. The number of nitro groups is 1. The van der Waals surface area contributed by atoms with E-state index in [1.807, 2.05) is 0 Å². The molecule has 0 radical (unpaired) electrons. The molecular weight excluding hydrogens is 392 g/mol. The fraction of sp³-hybridized carbons (Fsp3) is 0.250. The molecule has 3 aromatic rings. The molecule has 10 heteroatoms. The fourth-order valence-corrected chi connectivity index (χ4v) is 2.82. The summed E-state index contributed by atoms with van der Waals surface area (Å²) < 4.78 is 11.7. The van der Waals surface area contributed by atoms with E-state index < -0.39 is 16.2 Å². The summed E-state index contributed by atoms with van der Waals surface area (Å²) in [5, 5.41) is 15.8. The van der Waals surface area contributed by atoms with Crippen molar-refractivity contribution in [2.75, 3.05) is 6.61 Å². The number of nitrogens with zero attached hydrogens (tertiary/aromatic N) is 3. The van der Waals surface area contributed by atoms with E-state index in [1.165, 1.54) is 18.3 Å². The molecule has 0 amide bonds. The van der Waals surface area contributed by atoms with Crippen molar-refractivity contribution in [3.8, 4) is 11.5 Å². The molecule has 0 aliphatic heterocycles. The van der Waals surface area contributed by atoms with Gasteiger partial charge in [-0.15, -0.1) is 4.68 Å². The first-order valence-corrected chi connectivity index (χ1v) is 9.22. The van der Waals surface area contributed by atoms with Crippen LogP contribution in [0.25, 0.3) is 10.9 Å². The number of fused-ring (bicyclic) bond motifs is 1. The van der Waals surface area contributed by atoms with Crippen molar-refractivity contribution in [3.05, 3.63) is 72.9 Å². The number of rotatable bonds is 7. The van der Waals surface area contributed by atoms with Gasteiger partial charge in [-0.25, -0.2) is 4.79 Å². The molecule has 1 N–H and O–H groups in total. The molecule has 1 heterocycles. The molecule has 0 spiro atoms. The van der Waals surface area contributed by atoms with Gasteiger partial charge in [0, 0.05) is 11.6 Å². The van der Waals surface area contributed by atoms with Crippen molar-refractivity contribution in [1.82, 2.24) is 9.66 Å². The van der Waals surface area contributed by atoms with Crippen LogP contribution in [0.4, 0.5) is 5.69 Å². The van der Waals surface area contributed by atoms with Crippen LogP contribution in [0.3, 0.4) is 0 Å². The molecule has 2 aromatic carbocycles. The Hall–Kier alpha value is -3.95. The van der Waals surface area contributed by atoms with Gasteiger partial charge < -0.3 is 14.5 Å². The molecule has 0 atom stereocenters. The van der Waals surface area contributed by atoms with Crippen molar-refractivity contribution in [2.24, 2.45) is 5.10 Å². The van der Waals surface area contributed by atoms with E-state index in [9.17, 15) is 19.7 Å². The second-order valence-corrected chi connectivity index (χ2v) is 6.56. The number of H-pyrrole nitrogens is 1. The van der Waals surface area contributed by atoms with Gasteiger partial charge in [-0.2, -0.15) is 5.10 Å². The van der Waals surface area contributed by atoms with Crippen LogP contribution >= 0.6 is 0 Å². The summed E-state index contributed by atoms with van der Waals surface area (Å²) in [6.45, 7) is 5.48. The SMILES string of the molecule is CCOc1cc(C=Nn2c(=O)[nH]c3ccccc3c2=O)cc([N+](=O)[O-])c1OC(C)C. The molecule has 0 saturated carbocycles. The second kappa shape index (κ2) is 8.60. The predicted molar refractivity (Wildman–Crippen MR) is 112 cm³/mol. The number of aromatic nitrogens is 2. The lowest BCUT2D eigenvalue weighted by Gasteiger charge is -2.15. The molecule has 156 valence electrons. The van der Waals surface area contributed by atoms with Crippen LogP contribution in [0, 0.1) is 10.1 Å². The summed E-state index contributed by atoms with van der Waals surface area (Å²) in [7, 11) is 0. The van der Waals surface area contributed by atoms with E-state index in [1.54, 1.807) is 45.0 Å². The van der Waals surface area contributed by atoms with Crippen LogP contribution in [0.1, 0.15) is 26.3 Å². The van der Waals surface area contributed by atoms with Crippen LogP contribution in [-0.4, -0.2) is 33.5 Å². The highest BCUT2D eigenvalue weighted by atomic mass is 16.6. The van der Waals surface area contributed by atoms with Crippen molar-refractivity contribution in [2.45, 2.75) is 26.9 Å². The number of nitro benzene ring substituents is 1. The number of nitrogens with one attached hydrogen (secondary N) is 1. The van der Waals surface area contributed by atoms with Gasteiger partial charge in [0.2, 0.25) is 5.75 Å². The van der Waals surface area contributed by atoms with Gasteiger partial charge in [0.25, 0.3) is 5.56 Å². The minimum absolute atomic E-state index is 0.00900. The molecule has 30 heavy (non-hydrogen) atoms. The highest BCUT2D eigenvalue weighted by Crippen LogP contribution is 2.38. The zero-order valence-corrected chi connectivity index (χ0v) is 16.6. The van der Waals surface area contributed by atoms with Gasteiger partial charge in [0.05, 0.1) is 34.8 Å². The van der Waals surface area contributed by atoms with E-state index in [2.05, 4.69) is 10.1 Å². The number of para-hydroxylation sites is 1. The number of hydrogen-bond acceptors (Lipinski definition) is 7. The predicted octanol–water partition coefficient (Wildman–Crippen LogP) is 2.67. The van der Waals surface area contributed by atoms with Gasteiger partial charge in [-0.05, 0) is 39.0 Å². The quantitative estimate of drug-likeness (QED) is 0.361. The smallest absolute Gasteiger partial charge is 0.349 e. The lowest BCUT2D eigenvalue weighted by atomic mass is 10.2. The Morgan fingerprint density at radius 2 is 2.00 bits per heavy atom. The Morgan fingerprint density at radius 1 is 1.27 bits per heavy atom. The van der Waals surface area contributed by atoms with Crippen LogP contribution in [0.2, 0.25) is 0 Å². The minimum atomic E-state index is -0.728. The molecular formula is C20H20N4O6. The molecule has 0 unspecified atom stereocenters. The Labute approximate surface area is 170 Å². The van der Waals surface area contributed by atoms with Crippen molar-refractivity contribution >= 4 is 22.8 Å². The summed E-state index contributed by atoms with van der Waals surface area (Å²) in [5.74, 6) is 0.177. The summed E-state index contributed by atoms with van der Waals surface area (Å²) in [5.41, 5.74) is -0.987. The molecule has 3 rings (SSSR count). The van der Waals surface area contributed by atoms with E-state index >= 15 is 0 Å². The topological polar surface area (TPSA) is 129 Å². The van der Waals surface area contributed by atoms with Crippen molar-refractivity contribution < 1.29 is 14.4 Å². The molecule has 0 saturated heterocycles. The monoisotopic (exact) mass is 412 g/mol. The van der Waals surface area contributed by atoms with E-state index in [0.29, 0.717) is 10.2 Å². The molecule has 1 aromatic heterocycles. The van der Waals surface area contributed by atoms with Gasteiger partial charge in [-0.3, -0.25) is 14.9 Å². The Bertz CT molecular complexity index is 1240. The van der Waals surface area contributed by atoms with Crippen molar-refractivity contribution in [3.63, 3.8) is 0 Å². The molecule has 0 fully saturated rings. The number of ether oxygens (including phenoxy) is 2. The summed E-state index contributed by atoms with van der Waals surface area (Å²) in [6, 6.07) is 9.27. The summed E-state index contributed by atoms with van der Waals surface area (Å²) >= 11 is 0. The normalized spacial score (nSPS) is 11.3. The highest BCUT2D eigenvalue weighted by molar-refractivity contribution is 5.83. The maximum atomic E-state index is 12.6. The summed E-state index contributed by atoms with van der Waals surface area (Å²) in [6.07, 6.45) is 0.872. The largest absolute Gasteiger partial charge is 0.490 e. The van der Waals surface area contributed by atoms with E-state index in [0.717, 1.165) is 0 Å². The van der Waals surface area contributed by atoms with E-state index in [-0.39, 0.29) is 40.8 Å². The van der Waals surface area contributed by atoms with Crippen LogP contribution < -0.4 is 20.7 Å². The summed E-state index contributed by atoms with van der Waals surface area (Å²) in [4.78, 5) is 38.3. The van der Waals surface area contributed by atoms with Gasteiger partial charge in [-0.1, -0.05) is 12.1 Å². The van der Waals surface area contributed by atoms with Crippen LogP contribution in [0.15, 0.2) is 51.1 Å². The Morgan fingerprint density at radius 3 is 2.67 bits per heavy atom. The lowest BCUT2D eigenvalue weighted by Crippen LogP contribution is -2.32. The molecule has 0 aliphatic carbocycles. The first kappa shape index (κ1) is 20.8. The molecule has 10 nitrogen and oxygen atoms in total. The lowest BCUT2D eigenvalue weighted by molar-refractivity contribution is -0.386. The maximum Gasteiger partial charge on any atom is 0.349 e. The molecule has 0 aliphatic rings. The standard InChI is InChI=1S/C20H20N4O6/c1-4-29-17-10-13(9-16(24(27)28)18(17)30-12(2)3)11-21-23-19(25)14-7-5-6-8-15(14)22-20(23)26/h5-12H,4H2,1-3H3,(H,22,26). The third-order valence-electron chi connectivity index (χ3n) is 4.01. The minimum Gasteiger partial charge on any atom is -0.490 e. The van der Waals surface area contributed by atoms with Gasteiger partial charge in [0.1, 0.15) is 0 Å². The number of hydrogen-bond donors (Lipinski definition) is 1. The first-order chi connectivity index (χ1) is 14.3. The average Bonchev–Trinajstić information content (AvgIpc) is 2.69. The third-order valence-corrected chi connectivity index (χ3v) is 4.01. The maximum absolute atomic E-state index is 12.6. The fourth-order valence-electron chi connectivity index (χ4n) is 2.82. The zero-order valence-electron chi connectivity index (χ0n) is 16.6. The van der Waals surface area contributed by atoms with Gasteiger partial charge >= 0.3 is 11.4 Å². The van der Waals surface area contributed by atoms with E-state index in [4.69, 9.17) is 9.47 Å². The Kier molecular flexibility index (Phi) is 5.95. The van der Waals surface area contributed by atoms with Crippen LogP contribution in [-0.2, 0) is 0 Å². The highest BCUT2D eigenvalue weighted by Gasteiger charge is 2.23. The van der Waals surface area contributed by atoms with Crippen molar-refractivity contribution in [1.29, 1.82) is 0 Å². The van der Waals surface area contributed by atoms with Crippen LogP contribution in [0.5, 0.6) is 11.5 Å². The average molecular weight is 412 g/mol. The second-order valence-electron chi connectivity index (χ2n) is 6.56. The van der Waals surface area contributed by atoms with Gasteiger partial charge in [0.15, 0.2) is 5.75 Å². The first-order valence-electron chi connectivity index (χ1n) is 9.22. The third kappa shape index (κ3) is 4.22. The zero-order chi connectivity index (χ0) is 21.8. The number of aromatic amines is 1. The Balaban J connectivity index is 2.12.